The monoisotopic (exact) mass is 355 g/mol. The summed E-state index contributed by atoms with van der Waals surface area (Å²) in [6.07, 6.45) is 4.43. The number of methoxy groups -OCH3 is 1. The van der Waals surface area contributed by atoms with Gasteiger partial charge in [0.1, 0.15) is 16.5 Å². The van der Waals surface area contributed by atoms with Crippen molar-refractivity contribution in [1.29, 1.82) is 0 Å². The molecule has 6 nitrogen and oxygen atoms in total. The van der Waals surface area contributed by atoms with Crippen molar-refractivity contribution in [3.8, 4) is 5.75 Å². The lowest BCUT2D eigenvalue weighted by Gasteiger charge is -2.10. The summed E-state index contributed by atoms with van der Waals surface area (Å²) in [6, 6.07) is 10.4. The molecule has 128 valence electrons. The molecule has 0 saturated heterocycles. The number of ether oxygens (including phenoxy) is 1. The Morgan fingerprint density at radius 3 is 2.60 bits per heavy atom. The number of amides is 1. The molecule has 7 heteroatoms. The molecule has 0 aliphatic rings. The lowest BCUT2D eigenvalue weighted by atomic mass is 10.2. The normalized spacial score (nSPS) is 11.8. The van der Waals surface area contributed by atoms with Crippen LogP contribution in [0.5, 0.6) is 5.75 Å². The van der Waals surface area contributed by atoms with E-state index in [1.165, 1.54) is 20.2 Å². The lowest BCUT2D eigenvalue weighted by molar-refractivity contribution is -0.112. The Bertz CT molecular complexity index is 828. The van der Waals surface area contributed by atoms with Gasteiger partial charge in [-0.3, -0.25) is 9.78 Å². The summed E-state index contributed by atoms with van der Waals surface area (Å²) >= 11 is 5.20. The van der Waals surface area contributed by atoms with E-state index in [0.717, 1.165) is 0 Å². The SMILES string of the molecule is COc1ccccc1NC(=O)/C(C=NC(=S)c1ccncc1)=C(\C)O. The summed E-state index contributed by atoms with van der Waals surface area (Å²) < 4.78 is 5.19. The van der Waals surface area contributed by atoms with Gasteiger partial charge in [-0.1, -0.05) is 24.4 Å². The van der Waals surface area contributed by atoms with Crippen molar-refractivity contribution in [3.63, 3.8) is 0 Å². The Balaban J connectivity index is 2.18. The van der Waals surface area contributed by atoms with Crippen LogP contribution in [0.1, 0.15) is 12.5 Å². The molecule has 1 heterocycles. The molecule has 0 aliphatic heterocycles. The Morgan fingerprint density at radius 2 is 1.96 bits per heavy atom. The molecule has 0 unspecified atom stereocenters. The average molecular weight is 355 g/mol. The van der Waals surface area contributed by atoms with E-state index in [2.05, 4.69) is 15.3 Å². The molecule has 2 aromatic rings. The minimum absolute atomic E-state index is 0.00214. The predicted octanol–water partition coefficient (Wildman–Crippen LogP) is 3.31. The third kappa shape index (κ3) is 4.95. The van der Waals surface area contributed by atoms with Crippen LogP contribution in [0, 0.1) is 0 Å². The van der Waals surface area contributed by atoms with Crippen molar-refractivity contribution >= 4 is 35.0 Å². The largest absolute Gasteiger partial charge is 0.512 e. The summed E-state index contributed by atoms with van der Waals surface area (Å²) in [6.45, 7) is 1.40. The topological polar surface area (TPSA) is 83.8 Å². The van der Waals surface area contributed by atoms with Gasteiger partial charge in [-0.15, -0.1) is 0 Å². The van der Waals surface area contributed by atoms with Gasteiger partial charge >= 0.3 is 0 Å². The first-order chi connectivity index (χ1) is 12.0. The second-order valence-corrected chi connectivity index (χ2v) is 5.34. The molecule has 1 amide bonds. The Labute approximate surface area is 150 Å². The van der Waals surface area contributed by atoms with E-state index in [0.29, 0.717) is 17.0 Å². The standard InChI is InChI=1S/C18H17N3O3S/c1-12(22)14(11-20-18(25)13-7-9-19-10-8-13)17(23)21-15-5-3-4-6-16(15)24-2/h3-11,22H,1-2H3,(H,21,23)/b14-12+,20-11?. The minimum atomic E-state index is -0.522. The van der Waals surface area contributed by atoms with Crippen LogP contribution in [0.15, 0.2) is 65.1 Å². The van der Waals surface area contributed by atoms with Gasteiger partial charge in [0.25, 0.3) is 5.91 Å². The van der Waals surface area contributed by atoms with E-state index in [1.807, 2.05) is 0 Å². The number of rotatable bonds is 5. The summed E-state index contributed by atoms with van der Waals surface area (Å²) in [5, 5.41) is 12.5. The fourth-order valence-electron chi connectivity index (χ4n) is 1.95. The zero-order chi connectivity index (χ0) is 18.2. The maximum absolute atomic E-state index is 12.4. The van der Waals surface area contributed by atoms with Crippen LogP contribution in [-0.2, 0) is 4.79 Å². The van der Waals surface area contributed by atoms with Crippen LogP contribution in [0.25, 0.3) is 0 Å². The molecular formula is C18H17N3O3S. The van der Waals surface area contributed by atoms with Crippen molar-refractivity contribution in [3.05, 3.63) is 65.7 Å². The maximum Gasteiger partial charge on any atom is 0.260 e. The Kier molecular flexibility index (Phi) is 6.36. The molecule has 0 aliphatic carbocycles. The highest BCUT2D eigenvalue weighted by atomic mass is 32.1. The van der Waals surface area contributed by atoms with Crippen molar-refractivity contribution in [2.24, 2.45) is 4.99 Å². The molecule has 0 radical (unpaired) electrons. The van der Waals surface area contributed by atoms with Crippen LogP contribution >= 0.6 is 12.2 Å². The van der Waals surface area contributed by atoms with Gasteiger partial charge in [0.05, 0.1) is 18.4 Å². The maximum atomic E-state index is 12.4. The number of aromatic nitrogens is 1. The fraction of sp³-hybridized carbons (Fsp3) is 0.111. The van der Waals surface area contributed by atoms with Gasteiger partial charge in [0, 0.05) is 24.2 Å². The van der Waals surface area contributed by atoms with E-state index in [-0.39, 0.29) is 16.3 Å². The van der Waals surface area contributed by atoms with Gasteiger partial charge in [0.2, 0.25) is 0 Å². The molecule has 1 aromatic carbocycles. The van der Waals surface area contributed by atoms with Gasteiger partial charge in [-0.05, 0) is 31.2 Å². The number of aliphatic hydroxyl groups is 1. The van der Waals surface area contributed by atoms with E-state index in [4.69, 9.17) is 17.0 Å². The number of pyridine rings is 1. The summed E-state index contributed by atoms with van der Waals surface area (Å²) in [5.74, 6) is -0.186. The molecule has 25 heavy (non-hydrogen) atoms. The summed E-state index contributed by atoms with van der Waals surface area (Å²) in [4.78, 5) is 20.7. The van der Waals surface area contributed by atoms with Gasteiger partial charge in [-0.2, -0.15) is 0 Å². The quantitative estimate of drug-likeness (QED) is 0.372. The molecule has 0 atom stereocenters. The van der Waals surface area contributed by atoms with E-state index < -0.39 is 5.91 Å². The first-order valence-corrected chi connectivity index (χ1v) is 7.76. The smallest absolute Gasteiger partial charge is 0.260 e. The molecule has 0 fully saturated rings. The molecule has 0 saturated carbocycles. The van der Waals surface area contributed by atoms with Crippen molar-refractivity contribution < 1.29 is 14.6 Å². The predicted molar refractivity (Wildman–Crippen MR) is 101 cm³/mol. The van der Waals surface area contributed by atoms with Crippen molar-refractivity contribution in [1.82, 2.24) is 4.98 Å². The molecule has 2 N–H and O–H groups in total. The zero-order valence-corrected chi connectivity index (χ0v) is 14.6. The minimum Gasteiger partial charge on any atom is -0.512 e. The van der Waals surface area contributed by atoms with Crippen molar-refractivity contribution in [2.75, 3.05) is 12.4 Å². The van der Waals surface area contributed by atoms with E-state index in [9.17, 15) is 9.90 Å². The molecule has 0 spiro atoms. The molecule has 0 bridgehead atoms. The number of hydrogen-bond acceptors (Lipinski definition) is 5. The number of benzene rings is 1. The number of thiocarbonyl (C=S) groups is 1. The number of aliphatic hydroxyl groups excluding tert-OH is 1. The van der Waals surface area contributed by atoms with Crippen LogP contribution < -0.4 is 10.1 Å². The summed E-state index contributed by atoms with van der Waals surface area (Å²) in [7, 11) is 1.51. The number of para-hydroxylation sites is 2. The molecular weight excluding hydrogens is 338 g/mol. The van der Waals surface area contributed by atoms with Crippen LogP contribution in [0.3, 0.4) is 0 Å². The number of allylic oxidation sites excluding steroid dienone is 1. The number of aliphatic imine (C=N–C) groups is 1. The average Bonchev–Trinajstić information content (AvgIpc) is 2.62. The van der Waals surface area contributed by atoms with E-state index in [1.54, 1.807) is 48.8 Å². The number of carbonyl (C=O) groups is 1. The highest BCUT2D eigenvalue weighted by Crippen LogP contribution is 2.23. The number of nitrogens with one attached hydrogen (secondary N) is 1. The third-order valence-electron chi connectivity index (χ3n) is 3.23. The zero-order valence-electron chi connectivity index (χ0n) is 13.8. The number of hydrogen-bond donors (Lipinski definition) is 2. The van der Waals surface area contributed by atoms with Gasteiger partial charge in [0.15, 0.2) is 0 Å². The van der Waals surface area contributed by atoms with Gasteiger partial charge < -0.3 is 15.2 Å². The number of anilines is 1. The first-order valence-electron chi connectivity index (χ1n) is 7.35. The third-order valence-corrected chi connectivity index (χ3v) is 3.57. The Hall–Kier alpha value is -3.06. The van der Waals surface area contributed by atoms with Crippen LogP contribution in [-0.4, -0.2) is 34.3 Å². The molecule has 2 rings (SSSR count). The highest BCUT2D eigenvalue weighted by molar-refractivity contribution is 7.80. The van der Waals surface area contributed by atoms with Crippen LogP contribution in [0.4, 0.5) is 5.69 Å². The Morgan fingerprint density at radius 1 is 1.28 bits per heavy atom. The van der Waals surface area contributed by atoms with Crippen LogP contribution in [0.2, 0.25) is 0 Å². The lowest BCUT2D eigenvalue weighted by Crippen LogP contribution is -2.17. The van der Waals surface area contributed by atoms with E-state index >= 15 is 0 Å². The highest BCUT2D eigenvalue weighted by Gasteiger charge is 2.14. The molecule has 1 aromatic heterocycles. The summed E-state index contributed by atoms with van der Waals surface area (Å²) in [5.41, 5.74) is 1.18. The van der Waals surface area contributed by atoms with Gasteiger partial charge in [-0.25, -0.2) is 4.99 Å². The fourth-order valence-corrected chi connectivity index (χ4v) is 2.13. The number of nitrogens with zero attached hydrogens (tertiary/aromatic N) is 2. The second kappa shape index (κ2) is 8.70. The first kappa shape index (κ1) is 18.3. The van der Waals surface area contributed by atoms with Crippen molar-refractivity contribution in [2.45, 2.75) is 6.92 Å². The second-order valence-electron chi connectivity index (χ2n) is 4.95. The number of carbonyl (C=O) groups excluding carboxylic acids is 1.